The zero-order chi connectivity index (χ0) is 41.8. The van der Waals surface area contributed by atoms with Gasteiger partial charge in [0.2, 0.25) is 0 Å². The van der Waals surface area contributed by atoms with Crippen molar-refractivity contribution in [1.82, 2.24) is 0 Å². The van der Waals surface area contributed by atoms with Crippen LogP contribution in [0, 0.1) is 0 Å². The van der Waals surface area contributed by atoms with Crippen LogP contribution in [0.15, 0.2) is 12.2 Å². The first kappa shape index (κ1) is 51.4. The highest BCUT2D eigenvalue weighted by atomic mass is 16.7. The SMILES string of the molecule is CCCC/C=C/CCCCCCCC(=O)O[C@H](COC(=O)CCCCCCCCCCCC)CO[C@@H]1O[C@H](CO[C@@H]2O[C@H](CO)[C@H](O)C(O)C2O)[C@H](O)C(O)C1O. The second-order valence-corrected chi connectivity index (χ2v) is 15.5. The summed E-state index contributed by atoms with van der Waals surface area (Å²) < 4.78 is 33.3. The van der Waals surface area contributed by atoms with E-state index in [1.807, 2.05) is 0 Å². The van der Waals surface area contributed by atoms with Gasteiger partial charge in [-0.05, 0) is 32.1 Å². The summed E-state index contributed by atoms with van der Waals surface area (Å²) in [6, 6.07) is 0. The van der Waals surface area contributed by atoms with Crippen molar-refractivity contribution in [3.63, 3.8) is 0 Å². The Morgan fingerprint density at radius 2 is 1.02 bits per heavy atom. The summed E-state index contributed by atoms with van der Waals surface area (Å²) in [6.07, 6.45) is 8.43. The second-order valence-electron chi connectivity index (χ2n) is 15.5. The average Bonchev–Trinajstić information content (AvgIpc) is 3.20. The Bertz CT molecular complexity index is 1060. The minimum absolute atomic E-state index is 0.158. The fraction of sp³-hybridized carbons (Fsp3) is 0.905. The van der Waals surface area contributed by atoms with Gasteiger partial charge in [0.05, 0.1) is 19.8 Å². The van der Waals surface area contributed by atoms with E-state index in [9.17, 15) is 45.3 Å². The molecule has 7 N–H and O–H groups in total. The monoisotopic (exact) mass is 821 g/mol. The van der Waals surface area contributed by atoms with Crippen molar-refractivity contribution in [2.24, 2.45) is 0 Å². The van der Waals surface area contributed by atoms with E-state index in [2.05, 4.69) is 26.0 Å². The lowest BCUT2D eigenvalue weighted by Crippen LogP contribution is -2.61. The van der Waals surface area contributed by atoms with E-state index in [1.165, 1.54) is 51.4 Å². The topological polar surface area (TPSA) is 231 Å². The fourth-order valence-electron chi connectivity index (χ4n) is 6.78. The van der Waals surface area contributed by atoms with Crippen LogP contribution in [0.3, 0.4) is 0 Å². The molecule has 0 aromatic carbocycles. The molecule has 2 aliphatic heterocycles. The summed E-state index contributed by atoms with van der Waals surface area (Å²) in [5.41, 5.74) is 0. The molecule has 0 bridgehead atoms. The van der Waals surface area contributed by atoms with Crippen LogP contribution in [0.25, 0.3) is 0 Å². The van der Waals surface area contributed by atoms with Gasteiger partial charge in [0.25, 0.3) is 0 Å². The number of esters is 2. The Morgan fingerprint density at radius 3 is 1.60 bits per heavy atom. The maximum atomic E-state index is 12.9. The summed E-state index contributed by atoms with van der Waals surface area (Å²) in [7, 11) is 0. The van der Waals surface area contributed by atoms with Gasteiger partial charge in [-0.1, -0.05) is 116 Å². The number of hydrogen-bond acceptors (Lipinski definition) is 15. The standard InChI is InChI=1S/C42H76O15/c1-3-5-7-9-11-13-15-17-19-21-23-25-34(45)55-30(27-52-33(44)24-22-20-18-16-14-12-10-8-6-4-2)28-53-41-40(51)38(49)36(47)32(57-41)29-54-42-39(50)37(48)35(46)31(26-43)56-42/h9,11,30-32,35-43,46-51H,3-8,10,12-29H2,1-2H3/b11-9+/t30-,31-,32-,35+,36+,37?,38?,39?,40?,41-,42-/m1/s1. The number of ether oxygens (including phenoxy) is 6. The molecule has 0 saturated carbocycles. The largest absolute Gasteiger partial charge is 0.462 e. The Hall–Kier alpha value is -1.76. The molecule has 0 amide bonds. The summed E-state index contributed by atoms with van der Waals surface area (Å²) >= 11 is 0. The molecule has 0 aromatic heterocycles. The van der Waals surface area contributed by atoms with Crippen molar-refractivity contribution in [2.45, 2.75) is 216 Å². The number of rotatable bonds is 32. The molecule has 57 heavy (non-hydrogen) atoms. The summed E-state index contributed by atoms with van der Waals surface area (Å²) in [5, 5.41) is 71.7. The van der Waals surface area contributed by atoms with Crippen LogP contribution in [-0.4, -0.2) is 142 Å². The summed E-state index contributed by atoms with van der Waals surface area (Å²) in [6.45, 7) is 2.50. The van der Waals surface area contributed by atoms with Gasteiger partial charge < -0.3 is 64.2 Å². The Kier molecular flexibility index (Phi) is 28.1. The van der Waals surface area contributed by atoms with Crippen LogP contribution in [-0.2, 0) is 38.0 Å². The van der Waals surface area contributed by atoms with Gasteiger partial charge in [0, 0.05) is 12.8 Å². The number of aliphatic hydroxyl groups excluding tert-OH is 7. The molecule has 2 fully saturated rings. The molecule has 2 heterocycles. The minimum Gasteiger partial charge on any atom is -0.462 e. The van der Waals surface area contributed by atoms with Crippen molar-refractivity contribution in [1.29, 1.82) is 0 Å². The zero-order valence-electron chi connectivity index (χ0n) is 34.6. The van der Waals surface area contributed by atoms with E-state index in [-0.39, 0.29) is 26.1 Å². The molecule has 334 valence electrons. The molecule has 4 unspecified atom stereocenters. The maximum absolute atomic E-state index is 12.9. The Labute approximate surface area is 340 Å². The van der Waals surface area contributed by atoms with E-state index in [0.29, 0.717) is 12.8 Å². The van der Waals surface area contributed by atoms with Gasteiger partial charge in [0.15, 0.2) is 18.7 Å². The van der Waals surface area contributed by atoms with Crippen LogP contribution < -0.4 is 0 Å². The Morgan fingerprint density at radius 1 is 0.544 bits per heavy atom. The lowest BCUT2D eigenvalue weighted by molar-refractivity contribution is -0.332. The average molecular weight is 821 g/mol. The van der Waals surface area contributed by atoms with E-state index >= 15 is 0 Å². The normalized spacial score (nSPS) is 28.4. The van der Waals surface area contributed by atoms with Crippen LogP contribution in [0.4, 0.5) is 0 Å². The molecule has 0 aliphatic carbocycles. The van der Waals surface area contributed by atoms with Gasteiger partial charge in [-0.25, -0.2) is 0 Å². The third kappa shape index (κ3) is 20.9. The van der Waals surface area contributed by atoms with Gasteiger partial charge in [-0.3, -0.25) is 9.59 Å². The molecule has 15 nitrogen and oxygen atoms in total. The molecule has 2 rings (SSSR count). The van der Waals surface area contributed by atoms with E-state index < -0.39 is 92.7 Å². The molecule has 0 aromatic rings. The van der Waals surface area contributed by atoms with E-state index in [1.54, 1.807) is 0 Å². The lowest BCUT2D eigenvalue weighted by Gasteiger charge is -2.42. The lowest BCUT2D eigenvalue weighted by atomic mass is 9.98. The number of allylic oxidation sites excluding steroid dienone is 2. The third-order valence-electron chi connectivity index (χ3n) is 10.5. The number of unbranched alkanes of at least 4 members (excludes halogenated alkanes) is 16. The van der Waals surface area contributed by atoms with Crippen LogP contribution in [0.1, 0.15) is 149 Å². The minimum atomic E-state index is -1.76. The fourth-order valence-corrected chi connectivity index (χ4v) is 6.78. The highest BCUT2D eigenvalue weighted by molar-refractivity contribution is 5.70. The molecule has 2 saturated heterocycles. The molecule has 2 aliphatic rings. The predicted molar refractivity (Wildman–Crippen MR) is 211 cm³/mol. The van der Waals surface area contributed by atoms with Crippen LogP contribution in [0.2, 0.25) is 0 Å². The molecular formula is C42H76O15. The van der Waals surface area contributed by atoms with Crippen molar-refractivity contribution < 1.29 is 73.8 Å². The van der Waals surface area contributed by atoms with Crippen molar-refractivity contribution in [2.75, 3.05) is 26.4 Å². The smallest absolute Gasteiger partial charge is 0.306 e. The quantitative estimate of drug-likeness (QED) is 0.0290. The zero-order valence-corrected chi connectivity index (χ0v) is 34.6. The molecular weight excluding hydrogens is 744 g/mol. The molecule has 0 spiro atoms. The van der Waals surface area contributed by atoms with Crippen LogP contribution in [0.5, 0.6) is 0 Å². The van der Waals surface area contributed by atoms with Crippen molar-refractivity contribution in [3.8, 4) is 0 Å². The third-order valence-corrected chi connectivity index (χ3v) is 10.5. The first-order chi connectivity index (χ1) is 27.5. The number of carbonyl (C=O) groups excluding carboxylic acids is 2. The van der Waals surface area contributed by atoms with Gasteiger partial charge in [-0.2, -0.15) is 0 Å². The molecule has 11 atom stereocenters. The van der Waals surface area contributed by atoms with E-state index in [4.69, 9.17) is 28.4 Å². The molecule has 15 heteroatoms. The number of hydrogen-bond donors (Lipinski definition) is 7. The van der Waals surface area contributed by atoms with Gasteiger partial charge in [-0.15, -0.1) is 0 Å². The summed E-state index contributed by atoms with van der Waals surface area (Å²) in [4.78, 5) is 25.5. The molecule has 0 radical (unpaired) electrons. The second kappa shape index (κ2) is 31.2. The highest BCUT2D eigenvalue weighted by Crippen LogP contribution is 2.26. The maximum Gasteiger partial charge on any atom is 0.306 e. The van der Waals surface area contributed by atoms with Gasteiger partial charge in [0.1, 0.15) is 55.4 Å². The van der Waals surface area contributed by atoms with Crippen LogP contribution >= 0.6 is 0 Å². The van der Waals surface area contributed by atoms with E-state index in [0.717, 1.165) is 57.8 Å². The summed E-state index contributed by atoms with van der Waals surface area (Å²) in [5.74, 6) is -0.937. The van der Waals surface area contributed by atoms with Crippen molar-refractivity contribution in [3.05, 3.63) is 12.2 Å². The number of aliphatic hydroxyl groups is 7. The predicted octanol–water partition coefficient (Wildman–Crippen LogP) is 3.87. The first-order valence-electron chi connectivity index (χ1n) is 21.8. The number of carbonyl (C=O) groups is 2. The van der Waals surface area contributed by atoms with Gasteiger partial charge >= 0.3 is 11.9 Å². The Balaban J connectivity index is 1.88. The highest BCUT2D eigenvalue weighted by Gasteiger charge is 2.47. The van der Waals surface area contributed by atoms with Crippen molar-refractivity contribution >= 4 is 11.9 Å². The first-order valence-corrected chi connectivity index (χ1v) is 21.8.